The molecule has 3 heterocycles. The van der Waals surface area contributed by atoms with Crippen molar-refractivity contribution in [3.63, 3.8) is 0 Å². The lowest BCUT2D eigenvalue weighted by atomic mass is 9.93. The number of sulfone groups is 1. The fourth-order valence-corrected chi connectivity index (χ4v) is 8.85. The number of hydrogen-bond acceptors (Lipinski definition) is 5. The lowest BCUT2D eigenvalue weighted by Crippen LogP contribution is -2.44. The molecule has 20 heavy (non-hydrogen) atoms. The molecule has 0 saturated carbocycles. The van der Waals surface area contributed by atoms with E-state index in [1.165, 1.54) is 0 Å². The van der Waals surface area contributed by atoms with Gasteiger partial charge in [0.2, 0.25) is 10.0 Å². The molecule has 6 nitrogen and oxygen atoms in total. The molecule has 0 aromatic heterocycles. The third-order valence-electron chi connectivity index (χ3n) is 5.03. The summed E-state index contributed by atoms with van der Waals surface area (Å²) in [7, 11) is -6.66. The van der Waals surface area contributed by atoms with E-state index in [2.05, 4.69) is 5.32 Å². The van der Waals surface area contributed by atoms with Gasteiger partial charge in [0, 0.05) is 12.6 Å². The summed E-state index contributed by atoms with van der Waals surface area (Å²) in [6, 6.07) is 0.0308. The van der Waals surface area contributed by atoms with Crippen molar-refractivity contribution in [1.82, 2.24) is 9.62 Å². The Morgan fingerprint density at radius 3 is 2.65 bits per heavy atom. The first-order valence-electron chi connectivity index (χ1n) is 7.27. The van der Waals surface area contributed by atoms with Crippen LogP contribution in [0.5, 0.6) is 0 Å². The number of fused-ring (bicyclic) bond motifs is 1. The van der Waals surface area contributed by atoms with E-state index in [1.807, 2.05) is 6.92 Å². The molecule has 3 aliphatic rings. The number of nitrogens with one attached hydrogen (secondary N) is 1. The second kappa shape index (κ2) is 4.93. The molecule has 4 unspecified atom stereocenters. The molecule has 3 aliphatic heterocycles. The third kappa shape index (κ3) is 2.30. The molecule has 116 valence electrons. The van der Waals surface area contributed by atoms with Crippen LogP contribution in [0.4, 0.5) is 0 Å². The predicted octanol–water partition coefficient (Wildman–Crippen LogP) is -0.567. The molecular formula is C12H22N2O4S2. The van der Waals surface area contributed by atoms with Crippen molar-refractivity contribution < 1.29 is 16.8 Å². The first-order chi connectivity index (χ1) is 9.35. The van der Waals surface area contributed by atoms with E-state index in [4.69, 9.17) is 0 Å². The number of hydrogen-bond donors (Lipinski definition) is 1. The van der Waals surface area contributed by atoms with Crippen molar-refractivity contribution in [2.24, 2.45) is 11.8 Å². The first-order valence-corrected chi connectivity index (χ1v) is 10.6. The van der Waals surface area contributed by atoms with E-state index in [-0.39, 0.29) is 24.0 Å². The molecular weight excluding hydrogens is 300 g/mol. The Bertz CT molecular complexity index is 587. The summed E-state index contributed by atoms with van der Waals surface area (Å²) in [5.74, 6) is 0.576. The Hall–Kier alpha value is -0.180. The lowest BCUT2D eigenvalue weighted by Gasteiger charge is -2.28. The van der Waals surface area contributed by atoms with Gasteiger partial charge in [-0.3, -0.25) is 0 Å². The van der Waals surface area contributed by atoms with Crippen LogP contribution in [-0.2, 0) is 19.9 Å². The van der Waals surface area contributed by atoms with Crippen molar-refractivity contribution in [3.05, 3.63) is 0 Å². The highest BCUT2D eigenvalue weighted by atomic mass is 32.2. The summed E-state index contributed by atoms with van der Waals surface area (Å²) >= 11 is 0. The van der Waals surface area contributed by atoms with Crippen molar-refractivity contribution in [3.8, 4) is 0 Å². The minimum Gasteiger partial charge on any atom is -0.316 e. The van der Waals surface area contributed by atoms with Gasteiger partial charge in [-0.25, -0.2) is 16.8 Å². The maximum atomic E-state index is 12.8. The van der Waals surface area contributed by atoms with Gasteiger partial charge in [0.25, 0.3) is 0 Å². The van der Waals surface area contributed by atoms with Gasteiger partial charge in [0.15, 0.2) is 9.84 Å². The molecule has 8 heteroatoms. The largest absolute Gasteiger partial charge is 0.316 e. The fourth-order valence-electron chi connectivity index (χ4n) is 3.97. The van der Waals surface area contributed by atoms with Crippen LogP contribution in [0.1, 0.15) is 19.8 Å². The van der Waals surface area contributed by atoms with E-state index in [0.717, 1.165) is 19.5 Å². The lowest BCUT2D eigenvalue weighted by molar-refractivity contribution is 0.326. The van der Waals surface area contributed by atoms with Gasteiger partial charge in [-0.15, -0.1) is 0 Å². The van der Waals surface area contributed by atoms with E-state index in [9.17, 15) is 16.8 Å². The highest BCUT2D eigenvalue weighted by Crippen LogP contribution is 2.38. The molecule has 0 aliphatic carbocycles. The minimum absolute atomic E-state index is 0.00986. The zero-order valence-electron chi connectivity index (χ0n) is 11.7. The molecule has 4 atom stereocenters. The van der Waals surface area contributed by atoms with Crippen LogP contribution in [0.25, 0.3) is 0 Å². The van der Waals surface area contributed by atoms with E-state index in [0.29, 0.717) is 18.4 Å². The average molecular weight is 322 g/mol. The Morgan fingerprint density at radius 1 is 1.30 bits per heavy atom. The Labute approximate surface area is 120 Å². The molecule has 3 rings (SSSR count). The van der Waals surface area contributed by atoms with Crippen LogP contribution in [-0.4, -0.2) is 63.6 Å². The molecule has 3 saturated heterocycles. The zero-order valence-corrected chi connectivity index (χ0v) is 13.3. The second-order valence-electron chi connectivity index (χ2n) is 6.20. The van der Waals surface area contributed by atoms with Crippen LogP contribution in [0.3, 0.4) is 0 Å². The van der Waals surface area contributed by atoms with Crippen molar-refractivity contribution in [2.45, 2.75) is 31.1 Å². The summed E-state index contributed by atoms with van der Waals surface area (Å²) < 4.78 is 50.3. The summed E-state index contributed by atoms with van der Waals surface area (Å²) in [6.45, 7) is 4.31. The van der Waals surface area contributed by atoms with Crippen LogP contribution >= 0.6 is 0 Å². The van der Waals surface area contributed by atoms with Crippen molar-refractivity contribution in [1.29, 1.82) is 0 Å². The number of rotatable bonds is 3. The average Bonchev–Trinajstić information content (AvgIpc) is 3.01. The van der Waals surface area contributed by atoms with Gasteiger partial charge in [0.1, 0.15) is 0 Å². The molecule has 1 N–H and O–H groups in total. The summed E-state index contributed by atoms with van der Waals surface area (Å²) in [5.41, 5.74) is 0. The first kappa shape index (κ1) is 14.7. The maximum Gasteiger partial charge on any atom is 0.218 e. The predicted molar refractivity (Wildman–Crippen MR) is 76.6 cm³/mol. The van der Waals surface area contributed by atoms with Gasteiger partial charge >= 0.3 is 0 Å². The smallest absolute Gasteiger partial charge is 0.218 e. The molecule has 0 radical (unpaired) electrons. The third-order valence-corrected chi connectivity index (χ3v) is 9.33. The minimum atomic E-state index is -3.49. The van der Waals surface area contributed by atoms with E-state index < -0.39 is 25.1 Å². The van der Waals surface area contributed by atoms with E-state index >= 15 is 0 Å². The Kier molecular flexibility index (Phi) is 3.63. The highest BCUT2D eigenvalue weighted by molar-refractivity contribution is 7.95. The molecule has 0 bridgehead atoms. The Morgan fingerprint density at radius 2 is 2.05 bits per heavy atom. The van der Waals surface area contributed by atoms with Crippen LogP contribution in [0, 0.1) is 11.8 Å². The second-order valence-corrected chi connectivity index (χ2v) is 10.6. The quantitative estimate of drug-likeness (QED) is 0.752. The van der Waals surface area contributed by atoms with Crippen LogP contribution < -0.4 is 5.32 Å². The molecule has 0 aromatic carbocycles. The SMILES string of the molecule is CCC1C2CNCC2CN1S(=O)(=O)C1CCS(=O)(=O)C1. The standard InChI is InChI=1S/C12H22N2O4S2/c1-2-12-11-6-13-5-9(11)7-14(12)20(17,18)10-3-4-19(15,16)8-10/h9-13H,2-8H2,1H3. The van der Waals surface area contributed by atoms with Crippen molar-refractivity contribution >= 4 is 19.9 Å². The topological polar surface area (TPSA) is 83.6 Å². The van der Waals surface area contributed by atoms with Crippen LogP contribution in [0.2, 0.25) is 0 Å². The van der Waals surface area contributed by atoms with Crippen molar-refractivity contribution in [2.75, 3.05) is 31.1 Å². The fraction of sp³-hybridized carbons (Fsp3) is 1.00. The van der Waals surface area contributed by atoms with Crippen LogP contribution in [0.15, 0.2) is 0 Å². The highest BCUT2D eigenvalue weighted by Gasteiger charge is 2.51. The van der Waals surface area contributed by atoms with E-state index in [1.54, 1.807) is 4.31 Å². The Balaban J connectivity index is 1.85. The molecule has 3 fully saturated rings. The summed E-state index contributed by atoms with van der Waals surface area (Å²) in [4.78, 5) is 0. The number of sulfonamides is 1. The summed E-state index contributed by atoms with van der Waals surface area (Å²) in [6.07, 6.45) is 1.05. The number of nitrogens with zero attached hydrogens (tertiary/aromatic N) is 1. The summed E-state index contributed by atoms with van der Waals surface area (Å²) in [5, 5.41) is 2.60. The van der Waals surface area contributed by atoms with Gasteiger partial charge < -0.3 is 5.32 Å². The van der Waals surface area contributed by atoms with Gasteiger partial charge in [-0.1, -0.05) is 6.92 Å². The zero-order chi connectivity index (χ0) is 14.5. The van der Waals surface area contributed by atoms with Gasteiger partial charge in [-0.05, 0) is 37.8 Å². The van der Waals surface area contributed by atoms with Gasteiger partial charge in [-0.2, -0.15) is 4.31 Å². The molecule has 0 spiro atoms. The van der Waals surface area contributed by atoms with Gasteiger partial charge in [0.05, 0.1) is 16.8 Å². The molecule has 0 aromatic rings. The normalized spacial score (nSPS) is 41.0. The monoisotopic (exact) mass is 322 g/mol. The molecule has 0 amide bonds. The maximum absolute atomic E-state index is 12.8.